The molecule has 0 saturated carbocycles. The first-order chi connectivity index (χ1) is 12.6. The Labute approximate surface area is 156 Å². The van der Waals surface area contributed by atoms with E-state index < -0.39 is 5.97 Å². The van der Waals surface area contributed by atoms with Gasteiger partial charge in [0.1, 0.15) is 5.00 Å². The smallest absolute Gasteiger partial charge is 0.341 e. The third-order valence-electron chi connectivity index (χ3n) is 4.07. The van der Waals surface area contributed by atoms with Gasteiger partial charge >= 0.3 is 5.97 Å². The van der Waals surface area contributed by atoms with E-state index in [1.807, 2.05) is 19.1 Å². The van der Waals surface area contributed by atoms with E-state index in [9.17, 15) is 9.59 Å². The van der Waals surface area contributed by atoms with Crippen LogP contribution in [0.15, 0.2) is 24.3 Å². The molecule has 1 aliphatic rings. The number of hydrogen-bond donors (Lipinski definition) is 1. The minimum absolute atomic E-state index is 0.173. The zero-order valence-electron chi connectivity index (χ0n) is 14.8. The van der Waals surface area contributed by atoms with Crippen LogP contribution in [0.2, 0.25) is 0 Å². The summed E-state index contributed by atoms with van der Waals surface area (Å²) >= 11 is 1.44. The summed E-state index contributed by atoms with van der Waals surface area (Å²) in [6.45, 7) is 2.22. The Balaban J connectivity index is 1.69. The fourth-order valence-corrected chi connectivity index (χ4v) is 4.25. The Morgan fingerprint density at radius 2 is 1.88 bits per heavy atom. The quantitative estimate of drug-likeness (QED) is 0.751. The van der Waals surface area contributed by atoms with E-state index in [1.54, 1.807) is 12.1 Å². The molecule has 0 unspecified atom stereocenters. The molecular formula is C19H21NO5S. The molecule has 1 amide bonds. The van der Waals surface area contributed by atoms with Crippen molar-refractivity contribution in [2.45, 2.75) is 26.2 Å². The highest BCUT2D eigenvalue weighted by molar-refractivity contribution is 7.17. The number of para-hydroxylation sites is 2. The summed E-state index contributed by atoms with van der Waals surface area (Å²) in [6.07, 6.45) is 2.79. The molecular weight excluding hydrogens is 354 g/mol. The summed E-state index contributed by atoms with van der Waals surface area (Å²) < 4.78 is 15.9. The number of methoxy groups -OCH3 is 1. The lowest BCUT2D eigenvalue weighted by atomic mass is 10.1. The molecule has 26 heavy (non-hydrogen) atoms. The van der Waals surface area contributed by atoms with E-state index in [1.165, 1.54) is 18.4 Å². The van der Waals surface area contributed by atoms with Crippen LogP contribution >= 0.6 is 11.3 Å². The predicted molar refractivity (Wildman–Crippen MR) is 99.4 cm³/mol. The molecule has 0 spiro atoms. The number of fused-ring (bicyclic) bond motifs is 1. The number of nitrogens with one attached hydrogen (secondary N) is 1. The maximum atomic E-state index is 12.3. The molecule has 0 bridgehead atoms. The van der Waals surface area contributed by atoms with Gasteiger partial charge in [-0.15, -0.1) is 11.3 Å². The SMILES string of the molecule is CCOc1ccccc1OCC(=O)Nc1sc2c(c1C(=O)OC)CCC2. The second-order valence-electron chi connectivity index (χ2n) is 5.77. The fourth-order valence-electron chi connectivity index (χ4n) is 2.96. The van der Waals surface area contributed by atoms with Gasteiger partial charge in [-0.2, -0.15) is 0 Å². The van der Waals surface area contributed by atoms with Gasteiger partial charge in [-0.3, -0.25) is 4.79 Å². The van der Waals surface area contributed by atoms with Crippen molar-refractivity contribution in [1.82, 2.24) is 0 Å². The topological polar surface area (TPSA) is 73.9 Å². The van der Waals surface area contributed by atoms with E-state index in [0.29, 0.717) is 28.7 Å². The van der Waals surface area contributed by atoms with Crippen molar-refractivity contribution in [3.05, 3.63) is 40.3 Å². The van der Waals surface area contributed by atoms with Gasteiger partial charge in [-0.25, -0.2) is 4.79 Å². The van der Waals surface area contributed by atoms with Crippen molar-refractivity contribution in [1.29, 1.82) is 0 Å². The van der Waals surface area contributed by atoms with E-state index in [0.717, 1.165) is 29.7 Å². The first-order valence-electron chi connectivity index (χ1n) is 8.51. The highest BCUT2D eigenvalue weighted by Gasteiger charge is 2.28. The second-order valence-corrected chi connectivity index (χ2v) is 6.87. The normalized spacial score (nSPS) is 12.4. The zero-order valence-corrected chi connectivity index (χ0v) is 15.6. The lowest BCUT2D eigenvalue weighted by Gasteiger charge is -2.11. The fraction of sp³-hybridized carbons (Fsp3) is 0.368. The molecule has 6 nitrogen and oxygen atoms in total. The molecule has 7 heteroatoms. The van der Waals surface area contributed by atoms with Crippen molar-refractivity contribution in [3.63, 3.8) is 0 Å². The third-order valence-corrected chi connectivity index (χ3v) is 5.28. The first-order valence-corrected chi connectivity index (χ1v) is 9.33. The zero-order chi connectivity index (χ0) is 18.5. The molecule has 2 aromatic rings. The van der Waals surface area contributed by atoms with Crippen LogP contribution in [0.5, 0.6) is 11.5 Å². The van der Waals surface area contributed by atoms with Gasteiger partial charge in [-0.1, -0.05) is 12.1 Å². The highest BCUT2D eigenvalue weighted by atomic mass is 32.1. The van der Waals surface area contributed by atoms with E-state index >= 15 is 0 Å². The summed E-state index contributed by atoms with van der Waals surface area (Å²) in [4.78, 5) is 25.6. The molecule has 0 fully saturated rings. The average molecular weight is 375 g/mol. The molecule has 1 heterocycles. The number of amides is 1. The molecule has 0 aliphatic heterocycles. The molecule has 138 valence electrons. The summed E-state index contributed by atoms with van der Waals surface area (Å²) in [6, 6.07) is 7.19. The summed E-state index contributed by atoms with van der Waals surface area (Å²) in [5.41, 5.74) is 1.48. The molecule has 0 atom stereocenters. The minimum Gasteiger partial charge on any atom is -0.490 e. The van der Waals surface area contributed by atoms with Gasteiger partial charge in [0.05, 0.1) is 19.3 Å². The van der Waals surface area contributed by atoms with Crippen molar-refractivity contribution in [3.8, 4) is 11.5 Å². The van der Waals surface area contributed by atoms with Crippen LogP contribution in [0.25, 0.3) is 0 Å². The minimum atomic E-state index is -0.415. The Bertz CT molecular complexity index is 814. The maximum absolute atomic E-state index is 12.3. The Morgan fingerprint density at radius 3 is 2.58 bits per heavy atom. The van der Waals surface area contributed by atoms with Gasteiger partial charge in [-0.05, 0) is 43.9 Å². The molecule has 0 saturated heterocycles. The highest BCUT2D eigenvalue weighted by Crippen LogP contribution is 2.39. The standard InChI is InChI=1S/C19H21NO5S/c1-3-24-13-8-4-5-9-14(13)25-11-16(21)20-18-17(19(22)23-2)12-7-6-10-15(12)26-18/h4-5,8-9H,3,6-7,10-11H2,1-2H3,(H,20,21). The molecule has 1 N–H and O–H groups in total. The number of thiophene rings is 1. The molecule has 1 aliphatic carbocycles. The van der Waals surface area contributed by atoms with Gasteiger partial charge in [0.25, 0.3) is 5.91 Å². The Kier molecular flexibility index (Phi) is 5.78. The molecule has 3 rings (SSSR count). The summed E-state index contributed by atoms with van der Waals surface area (Å²) in [5.74, 6) is 0.350. The molecule has 1 aromatic heterocycles. The van der Waals surface area contributed by atoms with Gasteiger partial charge in [0, 0.05) is 4.88 Å². The van der Waals surface area contributed by atoms with Crippen molar-refractivity contribution >= 4 is 28.2 Å². The number of aryl methyl sites for hydroxylation is 1. The monoisotopic (exact) mass is 375 g/mol. The van der Waals surface area contributed by atoms with Crippen LogP contribution in [-0.4, -0.2) is 32.2 Å². The van der Waals surface area contributed by atoms with E-state index in [4.69, 9.17) is 14.2 Å². The number of hydrogen-bond acceptors (Lipinski definition) is 6. The van der Waals surface area contributed by atoms with Crippen LogP contribution in [-0.2, 0) is 22.4 Å². The number of rotatable bonds is 7. The maximum Gasteiger partial charge on any atom is 0.341 e. The number of carbonyl (C=O) groups is 2. The third kappa shape index (κ3) is 3.83. The number of benzene rings is 1. The van der Waals surface area contributed by atoms with Crippen molar-refractivity contribution in [2.24, 2.45) is 0 Å². The van der Waals surface area contributed by atoms with Gasteiger partial charge in [0.15, 0.2) is 18.1 Å². The van der Waals surface area contributed by atoms with Crippen molar-refractivity contribution in [2.75, 3.05) is 25.6 Å². The second kappa shape index (κ2) is 8.23. The van der Waals surface area contributed by atoms with Crippen LogP contribution < -0.4 is 14.8 Å². The largest absolute Gasteiger partial charge is 0.490 e. The number of ether oxygens (including phenoxy) is 3. The van der Waals surface area contributed by atoms with Crippen LogP contribution in [0.1, 0.15) is 34.1 Å². The van der Waals surface area contributed by atoms with E-state index in [-0.39, 0.29) is 12.5 Å². The van der Waals surface area contributed by atoms with Gasteiger partial charge in [0.2, 0.25) is 0 Å². The van der Waals surface area contributed by atoms with Crippen LogP contribution in [0.3, 0.4) is 0 Å². The van der Waals surface area contributed by atoms with Crippen LogP contribution in [0.4, 0.5) is 5.00 Å². The summed E-state index contributed by atoms with van der Waals surface area (Å²) in [5, 5.41) is 3.33. The summed E-state index contributed by atoms with van der Waals surface area (Å²) in [7, 11) is 1.35. The molecule has 1 aromatic carbocycles. The Morgan fingerprint density at radius 1 is 1.15 bits per heavy atom. The first kappa shape index (κ1) is 18.3. The number of carbonyl (C=O) groups excluding carboxylic acids is 2. The van der Waals surface area contributed by atoms with Crippen LogP contribution in [0, 0.1) is 0 Å². The predicted octanol–water partition coefficient (Wildman–Crippen LogP) is 3.44. The molecule has 0 radical (unpaired) electrons. The Hall–Kier alpha value is -2.54. The number of anilines is 1. The number of esters is 1. The average Bonchev–Trinajstić information content (AvgIpc) is 3.21. The lowest BCUT2D eigenvalue weighted by molar-refractivity contribution is -0.118. The van der Waals surface area contributed by atoms with E-state index in [2.05, 4.69) is 5.32 Å². The lowest BCUT2D eigenvalue weighted by Crippen LogP contribution is -2.21. The van der Waals surface area contributed by atoms with Gasteiger partial charge < -0.3 is 19.5 Å². The van der Waals surface area contributed by atoms with Crippen molar-refractivity contribution < 1.29 is 23.8 Å².